The van der Waals surface area contributed by atoms with Gasteiger partial charge in [-0.15, -0.1) is 0 Å². The lowest BCUT2D eigenvalue weighted by Gasteiger charge is -2.23. The Hall–Kier alpha value is -0.590. The third kappa shape index (κ3) is 2.19. The van der Waals surface area contributed by atoms with Gasteiger partial charge in [0.25, 0.3) is 0 Å². The monoisotopic (exact) mass is 304 g/mol. The number of aliphatic hydroxyl groups is 1. The summed E-state index contributed by atoms with van der Waals surface area (Å²) in [5.41, 5.74) is 0.917. The van der Waals surface area contributed by atoms with E-state index >= 15 is 0 Å². The molecule has 0 amide bonds. The number of sulfone groups is 1. The minimum absolute atomic E-state index is 0.0658. The van der Waals surface area contributed by atoms with Crippen LogP contribution in [-0.4, -0.2) is 34.8 Å². The van der Waals surface area contributed by atoms with E-state index in [1.54, 1.807) is 4.68 Å². The molecule has 5 nitrogen and oxygen atoms in total. The Balaban J connectivity index is 2.06. The molecule has 1 N–H and O–H groups in total. The molecule has 1 saturated carbocycles. The van der Waals surface area contributed by atoms with Gasteiger partial charge in [0.15, 0.2) is 9.84 Å². The SMILES string of the molecule is CC1(n2nc(C3CC3)c(CO)c2Cl)CCS(=O)(=O)C1. The summed E-state index contributed by atoms with van der Waals surface area (Å²) in [6.45, 7) is 1.72. The summed E-state index contributed by atoms with van der Waals surface area (Å²) < 4.78 is 25.0. The average Bonchev–Trinajstić information content (AvgIpc) is 3.04. The molecule has 106 valence electrons. The molecule has 2 aliphatic rings. The summed E-state index contributed by atoms with van der Waals surface area (Å²) in [7, 11) is -3.02. The second kappa shape index (κ2) is 4.20. The van der Waals surface area contributed by atoms with Crippen molar-refractivity contribution in [3.8, 4) is 0 Å². The van der Waals surface area contributed by atoms with Crippen LogP contribution in [0.15, 0.2) is 0 Å². The number of halogens is 1. The standard InChI is InChI=1S/C12H17ClN2O3S/c1-12(4-5-19(17,18)7-12)15-11(13)9(6-16)10(14-15)8-2-3-8/h8,16H,2-7H2,1H3. The maximum Gasteiger partial charge on any atom is 0.152 e. The number of hydrogen-bond acceptors (Lipinski definition) is 4. The van der Waals surface area contributed by atoms with Crippen LogP contribution < -0.4 is 0 Å². The van der Waals surface area contributed by atoms with Gasteiger partial charge in [-0.25, -0.2) is 13.1 Å². The lowest BCUT2D eigenvalue weighted by Crippen LogP contribution is -2.32. The Morgan fingerprint density at radius 3 is 2.68 bits per heavy atom. The molecule has 3 rings (SSSR count). The van der Waals surface area contributed by atoms with Crippen molar-refractivity contribution in [2.45, 2.75) is 44.2 Å². The van der Waals surface area contributed by atoms with Crippen LogP contribution in [0.4, 0.5) is 0 Å². The van der Waals surface area contributed by atoms with Gasteiger partial charge in [0, 0.05) is 11.5 Å². The highest BCUT2D eigenvalue weighted by Gasteiger charge is 2.43. The van der Waals surface area contributed by atoms with Gasteiger partial charge in [0.05, 0.1) is 29.3 Å². The molecule has 1 unspecified atom stereocenters. The maximum absolute atomic E-state index is 11.7. The van der Waals surface area contributed by atoms with E-state index in [4.69, 9.17) is 11.6 Å². The Labute approximate surface area is 117 Å². The molecule has 1 aromatic heterocycles. The molecule has 0 bridgehead atoms. The minimum atomic E-state index is -3.02. The van der Waals surface area contributed by atoms with Crippen molar-refractivity contribution in [2.75, 3.05) is 11.5 Å². The summed E-state index contributed by atoms with van der Waals surface area (Å²) in [4.78, 5) is 0. The number of aromatic nitrogens is 2. The molecule has 1 aliphatic carbocycles. The van der Waals surface area contributed by atoms with Gasteiger partial charge in [-0.3, -0.25) is 0 Å². The second-order valence-electron chi connectivity index (χ2n) is 5.84. The van der Waals surface area contributed by atoms with Gasteiger partial charge in [0.2, 0.25) is 0 Å². The van der Waals surface area contributed by atoms with Gasteiger partial charge < -0.3 is 5.11 Å². The number of nitrogens with zero attached hydrogens (tertiary/aromatic N) is 2. The van der Waals surface area contributed by atoms with Crippen LogP contribution in [0.2, 0.25) is 5.15 Å². The number of hydrogen-bond donors (Lipinski definition) is 1. The van der Waals surface area contributed by atoms with E-state index in [1.807, 2.05) is 6.92 Å². The quantitative estimate of drug-likeness (QED) is 0.917. The highest BCUT2D eigenvalue weighted by atomic mass is 35.5. The summed E-state index contributed by atoms with van der Waals surface area (Å²) in [6, 6.07) is 0. The van der Waals surface area contributed by atoms with Crippen molar-refractivity contribution in [1.82, 2.24) is 9.78 Å². The number of rotatable bonds is 3. The molecule has 19 heavy (non-hydrogen) atoms. The predicted octanol–water partition coefficient (Wildman–Crippen LogP) is 1.44. The van der Waals surface area contributed by atoms with E-state index < -0.39 is 15.4 Å². The van der Waals surface area contributed by atoms with Crippen LogP contribution >= 0.6 is 11.6 Å². The molecule has 7 heteroatoms. The van der Waals surface area contributed by atoms with Gasteiger partial charge in [-0.1, -0.05) is 11.6 Å². The van der Waals surface area contributed by atoms with Crippen molar-refractivity contribution < 1.29 is 13.5 Å². The Morgan fingerprint density at radius 2 is 2.21 bits per heavy atom. The van der Waals surface area contributed by atoms with Gasteiger partial charge in [0.1, 0.15) is 5.15 Å². The van der Waals surface area contributed by atoms with E-state index in [-0.39, 0.29) is 18.1 Å². The molecule has 1 atom stereocenters. The predicted molar refractivity (Wildman–Crippen MR) is 72.1 cm³/mol. The fourth-order valence-electron chi connectivity index (χ4n) is 2.79. The molecule has 0 radical (unpaired) electrons. The van der Waals surface area contributed by atoms with E-state index in [9.17, 15) is 13.5 Å². The molecule has 0 spiro atoms. The van der Waals surface area contributed by atoms with Crippen molar-refractivity contribution in [1.29, 1.82) is 0 Å². The lowest BCUT2D eigenvalue weighted by atomic mass is 10.0. The first-order valence-corrected chi connectivity index (χ1v) is 8.65. The first-order chi connectivity index (χ1) is 8.86. The summed E-state index contributed by atoms with van der Waals surface area (Å²) in [5, 5.41) is 14.4. The van der Waals surface area contributed by atoms with Crippen molar-refractivity contribution in [2.24, 2.45) is 0 Å². The molecule has 1 aromatic rings. The zero-order valence-corrected chi connectivity index (χ0v) is 12.3. The highest BCUT2D eigenvalue weighted by molar-refractivity contribution is 7.91. The summed E-state index contributed by atoms with van der Waals surface area (Å²) >= 11 is 6.31. The van der Waals surface area contributed by atoms with Crippen LogP contribution in [0.3, 0.4) is 0 Å². The van der Waals surface area contributed by atoms with E-state index in [0.717, 1.165) is 18.5 Å². The Bertz CT molecular complexity index is 621. The van der Waals surface area contributed by atoms with Crippen molar-refractivity contribution in [3.05, 3.63) is 16.4 Å². The van der Waals surface area contributed by atoms with Crippen LogP contribution in [-0.2, 0) is 22.0 Å². The molecular weight excluding hydrogens is 288 g/mol. The fraction of sp³-hybridized carbons (Fsp3) is 0.750. The van der Waals surface area contributed by atoms with E-state index in [2.05, 4.69) is 5.10 Å². The van der Waals surface area contributed by atoms with Crippen LogP contribution in [0.1, 0.15) is 43.4 Å². The van der Waals surface area contributed by atoms with Gasteiger partial charge in [-0.2, -0.15) is 5.10 Å². The maximum atomic E-state index is 11.7. The smallest absolute Gasteiger partial charge is 0.152 e. The van der Waals surface area contributed by atoms with Gasteiger partial charge >= 0.3 is 0 Å². The highest BCUT2D eigenvalue weighted by Crippen LogP contribution is 2.44. The molecular formula is C12H17ClN2O3S. The summed E-state index contributed by atoms with van der Waals surface area (Å²) in [5.74, 6) is 0.617. The van der Waals surface area contributed by atoms with Crippen LogP contribution in [0, 0.1) is 0 Å². The van der Waals surface area contributed by atoms with Gasteiger partial charge in [-0.05, 0) is 26.2 Å². The topological polar surface area (TPSA) is 72.2 Å². The zero-order valence-electron chi connectivity index (χ0n) is 10.8. The average molecular weight is 305 g/mol. The van der Waals surface area contributed by atoms with Crippen molar-refractivity contribution in [3.63, 3.8) is 0 Å². The Kier molecular flexibility index (Phi) is 2.96. The molecule has 1 aliphatic heterocycles. The zero-order chi connectivity index (χ0) is 13.8. The second-order valence-corrected chi connectivity index (χ2v) is 8.38. The first-order valence-electron chi connectivity index (χ1n) is 6.45. The molecule has 2 fully saturated rings. The molecule has 2 heterocycles. The molecule has 1 saturated heterocycles. The Morgan fingerprint density at radius 1 is 1.53 bits per heavy atom. The van der Waals surface area contributed by atoms with Crippen LogP contribution in [0.25, 0.3) is 0 Å². The number of aliphatic hydroxyl groups excluding tert-OH is 1. The largest absolute Gasteiger partial charge is 0.391 e. The minimum Gasteiger partial charge on any atom is -0.391 e. The van der Waals surface area contributed by atoms with E-state index in [0.29, 0.717) is 23.1 Å². The van der Waals surface area contributed by atoms with E-state index in [1.165, 1.54) is 0 Å². The molecule has 0 aromatic carbocycles. The third-order valence-corrected chi connectivity index (χ3v) is 6.34. The van der Waals surface area contributed by atoms with Crippen LogP contribution in [0.5, 0.6) is 0 Å². The third-order valence-electron chi connectivity index (χ3n) is 4.07. The first kappa shape index (κ1) is 13.4. The summed E-state index contributed by atoms with van der Waals surface area (Å²) in [6.07, 6.45) is 2.65. The normalized spacial score (nSPS) is 29.8. The lowest BCUT2D eigenvalue weighted by molar-refractivity contribution is 0.279. The van der Waals surface area contributed by atoms with Crippen molar-refractivity contribution >= 4 is 21.4 Å². The fourth-order valence-corrected chi connectivity index (χ4v) is 5.30.